The Kier molecular flexibility index (Phi) is 4.89. The van der Waals surface area contributed by atoms with Crippen LogP contribution in [0.5, 0.6) is 0 Å². The summed E-state index contributed by atoms with van der Waals surface area (Å²) in [6, 6.07) is 0. The smallest absolute Gasteiger partial charge is 0.309 e. The van der Waals surface area contributed by atoms with Gasteiger partial charge in [0.25, 0.3) is 0 Å². The Balaban J connectivity index is 2.74. The van der Waals surface area contributed by atoms with E-state index >= 15 is 0 Å². The minimum atomic E-state index is -0.992. The molecule has 0 fully saturated rings. The number of aryl methyl sites for hydroxylation is 1. The molecule has 0 radical (unpaired) electrons. The number of unbranched alkanes of at least 4 members (excludes halogenated alkanes) is 1. The van der Waals surface area contributed by atoms with Crippen molar-refractivity contribution in [3.63, 3.8) is 0 Å². The lowest BCUT2D eigenvalue weighted by Gasteiger charge is -2.16. The van der Waals surface area contributed by atoms with Crippen LogP contribution >= 0.6 is 11.3 Å². The molecule has 90 valence electrons. The highest BCUT2D eigenvalue weighted by molar-refractivity contribution is 7.09. The van der Waals surface area contributed by atoms with E-state index in [0.717, 1.165) is 17.8 Å². The Hall–Kier alpha value is -0.940. The van der Waals surface area contributed by atoms with Gasteiger partial charge in [0, 0.05) is 5.38 Å². The summed E-state index contributed by atoms with van der Waals surface area (Å²) < 4.78 is 0. The van der Waals surface area contributed by atoms with Gasteiger partial charge >= 0.3 is 5.97 Å². The molecule has 1 heterocycles. The molecular weight excluding hydrogens is 226 g/mol. The maximum absolute atomic E-state index is 11.0. The topological polar surface area (TPSA) is 70.4 Å². The summed E-state index contributed by atoms with van der Waals surface area (Å²) in [6.07, 6.45) is 1.22. The molecule has 0 aliphatic carbocycles. The van der Waals surface area contributed by atoms with E-state index in [-0.39, 0.29) is 0 Å². The molecule has 1 aromatic heterocycles. The normalized spacial score (nSPS) is 14.7. The number of aromatic nitrogens is 1. The van der Waals surface area contributed by atoms with Gasteiger partial charge < -0.3 is 10.2 Å². The van der Waals surface area contributed by atoms with Crippen molar-refractivity contribution in [1.29, 1.82) is 0 Å². The Morgan fingerprint density at radius 1 is 1.62 bits per heavy atom. The predicted molar refractivity (Wildman–Crippen MR) is 62.5 cm³/mol. The fourth-order valence-corrected chi connectivity index (χ4v) is 2.20. The van der Waals surface area contributed by atoms with E-state index in [1.807, 2.05) is 13.8 Å². The highest BCUT2D eigenvalue weighted by Gasteiger charge is 2.28. The third-order valence-corrected chi connectivity index (χ3v) is 3.30. The fraction of sp³-hybridized carbons (Fsp3) is 0.636. The maximum Gasteiger partial charge on any atom is 0.309 e. The van der Waals surface area contributed by atoms with Crippen molar-refractivity contribution in [3.05, 3.63) is 16.1 Å². The zero-order valence-electron chi connectivity index (χ0n) is 9.51. The molecule has 2 N–H and O–H groups in total. The highest BCUT2D eigenvalue weighted by atomic mass is 32.1. The number of aliphatic hydroxyl groups is 1. The molecule has 1 rings (SSSR count). The molecule has 0 aliphatic rings. The third kappa shape index (κ3) is 3.28. The molecule has 5 heteroatoms. The zero-order valence-corrected chi connectivity index (χ0v) is 10.3. The van der Waals surface area contributed by atoms with Gasteiger partial charge in [-0.1, -0.05) is 19.8 Å². The van der Waals surface area contributed by atoms with Crippen LogP contribution in [-0.2, 0) is 4.79 Å². The number of aliphatic carboxylic acids is 1. The van der Waals surface area contributed by atoms with Gasteiger partial charge in [-0.15, -0.1) is 11.3 Å². The van der Waals surface area contributed by atoms with Crippen LogP contribution in [0.25, 0.3) is 0 Å². The van der Waals surface area contributed by atoms with E-state index in [2.05, 4.69) is 4.98 Å². The van der Waals surface area contributed by atoms with E-state index in [4.69, 9.17) is 5.11 Å². The molecule has 1 aromatic rings. The fourth-order valence-electron chi connectivity index (χ4n) is 1.56. The predicted octanol–water partition coefficient (Wildman–Crippen LogP) is 2.38. The summed E-state index contributed by atoms with van der Waals surface area (Å²) in [6.45, 7) is 3.83. The second-order valence-corrected chi connectivity index (χ2v) is 4.89. The van der Waals surface area contributed by atoms with Crippen LogP contribution < -0.4 is 0 Å². The van der Waals surface area contributed by atoms with Gasteiger partial charge in [0.15, 0.2) is 0 Å². The standard InChI is InChI=1S/C11H17NO3S/c1-3-4-5-8(11(14)15)10(13)9-6-16-7(2)12-9/h6,8,10,13H,3-5H2,1-2H3,(H,14,15). The summed E-state index contributed by atoms with van der Waals surface area (Å²) in [5, 5.41) is 21.6. The van der Waals surface area contributed by atoms with Crippen molar-refractivity contribution in [3.8, 4) is 0 Å². The summed E-state index contributed by atoms with van der Waals surface area (Å²) in [7, 11) is 0. The lowest BCUT2D eigenvalue weighted by Crippen LogP contribution is -2.22. The van der Waals surface area contributed by atoms with Gasteiger partial charge in [-0.2, -0.15) is 0 Å². The molecule has 4 nitrogen and oxygen atoms in total. The monoisotopic (exact) mass is 243 g/mol. The lowest BCUT2D eigenvalue weighted by atomic mass is 9.94. The highest BCUT2D eigenvalue weighted by Crippen LogP contribution is 2.27. The maximum atomic E-state index is 11.0. The molecule has 0 aromatic carbocycles. The summed E-state index contributed by atoms with van der Waals surface area (Å²) in [4.78, 5) is 15.2. The number of carboxylic acid groups (broad SMARTS) is 1. The second-order valence-electron chi connectivity index (χ2n) is 3.82. The number of rotatable bonds is 6. The second kappa shape index (κ2) is 5.96. The van der Waals surface area contributed by atoms with Crippen LogP contribution in [0, 0.1) is 12.8 Å². The number of hydrogen-bond donors (Lipinski definition) is 2. The summed E-state index contributed by atoms with van der Waals surface area (Å²) in [5.74, 6) is -1.70. The van der Waals surface area contributed by atoms with Crippen LogP contribution in [0.3, 0.4) is 0 Å². The largest absolute Gasteiger partial charge is 0.481 e. The number of thiazole rings is 1. The quantitative estimate of drug-likeness (QED) is 0.804. The summed E-state index contributed by atoms with van der Waals surface area (Å²) in [5.41, 5.74) is 0.478. The van der Waals surface area contributed by atoms with Gasteiger partial charge in [0.05, 0.1) is 16.6 Å². The molecule has 2 atom stereocenters. The lowest BCUT2D eigenvalue weighted by molar-refractivity contribution is -0.146. The first-order valence-corrected chi connectivity index (χ1v) is 6.27. The Morgan fingerprint density at radius 2 is 2.31 bits per heavy atom. The van der Waals surface area contributed by atoms with Gasteiger partial charge in [-0.05, 0) is 13.3 Å². The first-order valence-electron chi connectivity index (χ1n) is 5.39. The van der Waals surface area contributed by atoms with E-state index < -0.39 is 18.0 Å². The van der Waals surface area contributed by atoms with E-state index in [1.54, 1.807) is 5.38 Å². The van der Waals surface area contributed by atoms with Crippen molar-refractivity contribution in [2.45, 2.75) is 39.2 Å². The van der Waals surface area contributed by atoms with Crippen molar-refractivity contribution in [2.75, 3.05) is 0 Å². The third-order valence-electron chi connectivity index (χ3n) is 2.51. The SMILES string of the molecule is CCCCC(C(=O)O)C(O)c1csc(C)n1. The van der Waals surface area contributed by atoms with Gasteiger partial charge in [-0.25, -0.2) is 4.98 Å². The van der Waals surface area contributed by atoms with Crippen molar-refractivity contribution in [2.24, 2.45) is 5.92 Å². The van der Waals surface area contributed by atoms with Crippen molar-refractivity contribution in [1.82, 2.24) is 4.98 Å². The molecule has 0 spiro atoms. The minimum Gasteiger partial charge on any atom is -0.481 e. The molecule has 0 aliphatic heterocycles. The molecule has 0 saturated carbocycles. The first kappa shape index (κ1) is 13.1. The van der Waals surface area contributed by atoms with Gasteiger partial charge in [0.2, 0.25) is 0 Å². The Labute approximate surface area is 99.0 Å². The van der Waals surface area contributed by atoms with Crippen LogP contribution in [0.2, 0.25) is 0 Å². The summed E-state index contributed by atoms with van der Waals surface area (Å²) >= 11 is 1.42. The molecule has 0 saturated heterocycles. The van der Waals surface area contributed by atoms with E-state index in [1.165, 1.54) is 11.3 Å². The van der Waals surface area contributed by atoms with Gasteiger partial charge in [-0.3, -0.25) is 4.79 Å². The molecule has 0 amide bonds. The number of nitrogens with zero attached hydrogens (tertiary/aromatic N) is 1. The molecule has 16 heavy (non-hydrogen) atoms. The van der Waals surface area contributed by atoms with Crippen LogP contribution in [0.1, 0.15) is 43.0 Å². The number of carboxylic acids is 1. The van der Waals surface area contributed by atoms with E-state index in [0.29, 0.717) is 12.1 Å². The van der Waals surface area contributed by atoms with Gasteiger partial charge in [0.1, 0.15) is 6.10 Å². The molecular formula is C11H17NO3S. The number of hydrogen-bond acceptors (Lipinski definition) is 4. The first-order chi connectivity index (χ1) is 7.56. The Morgan fingerprint density at radius 3 is 2.75 bits per heavy atom. The zero-order chi connectivity index (χ0) is 12.1. The Bertz CT molecular complexity index is 351. The number of carbonyl (C=O) groups is 1. The van der Waals surface area contributed by atoms with Crippen molar-refractivity contribution < 1.29 is 15.0 Å². The number of aliphatic hydroxyl groups excluding tert-OH is 1. The average molecular weight is 243 g/mol. The molecule has 2 unspecified atom stereocenters. The van der Waals surface area contributed by atoms with Crippen LogP contribution in [0.15, 0.2) is 5.38 Å². The minimum absolute atomic E-state index is 0.478. The average Bonchev–Trinajstić information content (AvgIpc) is 2.64. The van der Waals surface area contributed by atoms with E-state index in [9.17, 15) is 9.90 Å². The van der Waals surface area contributed by atoms with Crippen LogP contribution in [0.4, 0.5) is 0 Å². The van der Waals surface area contributed by atoms with Crippen LogP contribution in [-0.4, -0.2) is 21.2 Å². The van der Waals surface area contributed by atoms with Crippen molar-refractivity contribution >= 4 is 17.3 Å². The molecule has 0 bridgehead atoms.